The highest BCUT2D eigenvalue weighted by Crippen LogP contribution is 2.30. The third kappa shape index (κ3) is 6.16. The minimum Gasteiger partial charge on any atom is -0.494 e. The van der Waals surface area contributed by atoms with Crippen LogP contribution in [0.1, 0.15) is 76.2 Å². The molecule has 4 amide bonds. The second-order valence-electron chi connectivity index (χ2n) is 10.5. The number of ether oxygens (including phenoxy) is 1. The smallest absolute Gasteiger partial charge is 0.255 e. The summed E-state index contributed by atoms with van der Waals surface area (Å²) >= 11 is 0. The van der Waals surface area contributed by atoms with Crippen LogP contribution in [0.4, 0.5) is 0 Å². The quantitative estimate of drug-likeness (QED) is 0.274. The number of unbranched alkanes of at least 4 members (excludes halogenated alkanes) is 3. The van der Waals surface area contributed by atoms with Gasteiger partial charge < -0.3 is 15.0 Å². The molecule has 0 spiro atoms. The van der Waals surface area contributed by atoms with E-state index in [1.165, 1.54) is 4.90 Å². The number of carbonyl (C=O) groups is 4. The zero-order valence-corrected chi connectivity index (χ0v) is 23.4. The summed E-state index contributed by atoms with van der Waals surface area (Å²) in [5.74, 6) is -0.313. The number of aromatic nitrogens is 2. The van der Waals surface area contributed by atoms with Gasteiger partial charge in [-0.05, 0) is 69.0 Å². The molecule has 1 fully saturated rings. The molecule has 1 atom stereocenters. The lowest BCUT2D eigenvalue weighted by Gasteiger charge is -2.29. The van der Waals surface area contributed by atoms with E-state index in [4.69, 9.17) is 4.74 Å². The lowest BCUT2D eigenvalue weighted by Crippen LogP contribution is -2.52. The minimum atomic E-state index is -0.623. The molecule has 3 heterocycles. The van der Waals surface area contributed by atoms with Crippen molar-refractivity contribution in [1.29, 1.82) is 0 Å². The molecule has 10 heteroatoms. The van der Waals surface area contributed by atoms with Crippen molar-refractivity contribution in [1.82, 2.24) is 25.3 Å². The fourth-order valence-corrected chi connectivity index (χ4v) is 5.49. The second kappa shape index (κ2) is 12.4. The number of amides is 4. The first-order valence-corrected chi connectivity index (χ1v) is 14.1. The molecule has 0 saturated carbocycles. The zero-order valence-electron chi connectivity index (χ0n) is 23.4. The van der Waals surface area contributed by atoms with Crippen molar-refractivity contribution in [3.63, 3.8) is 0 Å². The summed E-state index contributed by atoms with van der Waals surface area (Å²) in [7, 11) is 0. The van der Waals surface area contributed by atoms with Gasteiger partial charge in [0.2, 0.25) is 11.8 Å². The summed E-state index contributed by atoms with van der Waals surface area (Å²) in [6.07, 6.45) is 4.24. The van der Waals surface area contributed by atoms with E-state index in [1.54, 1.807) is 16.8 Å². The monoisotopic (exact) mass is 557 g/mol. The Morgan fingerprint density at radius 3 is 2.61 bits per heavy atom. The Labute approximate surface area is 239 Å². The van der Waals surface area contributed by atoms with Crippen LogP contribution in [0.15, 0.2) is 48.5 Å². The van der Waals surface area contributed by atoms with E-state index in [-0.39, 0.29) is 24.1 Å². The molecule has 1 saturated heterocycles. The summed E-state index contributed by atoms with van der Waals surface area (Å²) in [4.78, 5) is 50.9. The van der Waals surface area contributed by atoms with Gasteiger partial charge in [0.25, 0.3) is 11.8 Å². The molecule has 2 aromatic carbocycles. The lowest BCUT2D eigenvalue weighted by atomic mass is 10.0. The third-order valence-corrected chi connectivity index (χ3v) is 7.64. The van der Waals surface area contributed by atoms with Gasteiger partial charge >= 0.3 is 0 Å². The maximum Gasteiger partial charge on any atom is 0.255 e. The van der Waals surface area contributed by atoms with Gasteiger partial charge in [-0.15, -0.1) is 0 Å². The van der Waals surface area contributed by atoms with E-state index in [2.05, 4.69) is 15.7 Å². The Morgan fingerprint density at radius 2 is 1.83 bits per heavy atom. The van der Waals surface area contributed by atoms with Crippen LogP contribution < -0.4 is 15.4 Å². The van der Waals surface area contributed by atoms with Crippen molar-refractivity contribution in [3.8, 4) is 11.4 Å². The molecule has 5 rings (SSSR count). The maximum absolute atomic E-state index is 12.8. The number of piperidine rings is 1. The van der Waals surface area contributed by atoms with Crippen molar-refractivity contribution >= 4 is 23.6 Å². The van der Waals surface area contributed by atoms with Crippen molar-refractivity contribution in [2.24, 2.45) is 0 Å². The number of nitrogens with zero attached hydrogens (tertiary/aromatic N) is 3. The molecule has 3 aromatic rings. The van der Waals surface area contributed by atoms with Crippen molar-refractivity contribution in [3.05, 3.63) is 76.6 Å². The van der Waals surface area contributed by atoms with Crippen LogP contribution in [0.25, 0.3) is 5.69 Å². The standard InChI is InChI=1S/C31H35N5O5/c1-20-28(21(2)36(34-20)23-10-6-5-7-11-23)30(39)32-16-8-3-4-9-17-41-24-12-13-25-22(18-24)19-35(31(25)40)26-14-15-27(37)33-29(26)38/h5-7,10-13,18,26H,3-4,8-9,14-17,19H2,1-2H3,(H,32,39)(H,33,37,38). The molecular weight excluding hydrogens is 522 g/mol. The minimum absolute atomic E-state index is 0.100. The first-order chi connectivity index (χ1) is 19.8. The molecule has 0 radical (unpaired) electrons. The molecule has 2 aliphatic heterocycles. The average molecular weight is 558 g/mol. The number of carbonyl (C=O) groups excluding carboxylic acids is 4. The number of para-hydroxylation sites is 1. The molecule has 2 N–H and O–H groups in total. The van der Waals surface area contributed by atoms with Crippen molar-refractivity contribution in [2.75, 3.05) is 13.2 Å². The van der Waals surface area contributed by atoms with Gasteiger partial charge in [-0.2, -0.15) is 5.10 Å². The topological polar surface area (TPSA) is 123 Å². The highest BCUT2D eigenvalue weighted by atomic mass is 16.5. The van der Waals surface area contributed by atoms with Gasteiger partial charge in [0.05, 0.1) is 29.2 Å². The van der Waals surface area contributed by atoms with Crippen molar-refractivity contribution in [2.45, 2.75) is 65.0 Å². The van der Waals surface area contributed by atoms with Gasteiger partial charge in [0, 0.05) is 25.1 Å². The van der Waals surface area contributed by atoms with Gasteiger partial charge in [0.1, 0.15) is 11.8 Å². The predicted molar refractivity (Wildman–Crippen MR) is 152 cm³/mol. The molecular formula is C31H35N5O5. The van der Waals surface area contributed by atoms with Crippen LogP contribution in [0.3, 0.4) is 0 Å². The highest BCUT2D eigenvalue weighted by molar-refractivity contribution is 6.05. The summed E-state index contributed by atoms with van der Waals surface area (Å²) in [6, 6.07) is 14.5. The predicted octanol–water partition coefficient (Wildman–Crippen LogP) is 3.62. The normalized spacial score (nSPS) is 16.5. The first-order valence-electron chi connectivity index (χ1n) is 14.1. The molecule has 2 aliphatic rings. The summed E-state index contributed by atoms with van der Waals surface area (Å²) in [5.41, 5.74) is 4.48. The van der Waals surface area contributed by atoms with Gasteiger partial charge in [-0.3, -0.25) is 24.5 Å². The van der Waals surface area contributed by atoms with E-state index < -0.39 is 11.9 Å². The largest absolute Gasteiger partial charge is 0.494 e. The van der Waals surface area contributed by atoms with Gasteiger partial charge in [-0.1, -0.05) is 31.0 Å². The van der Waals surface area contributed by atoms with Crippen LogP contribution in [0.5, 0.6) is 5.75 Å². The van der Waals surface area contributed by atoms with E-state index in [0.29, 0.717) is 48.7 Å². The molecule has 0 bridgehead atoms. The number of hydrogen-bond donors (Lipinski definition) is 2. The number of aryl methyl sites for hydroxylation is 1. The van der Waals surface area contributed by atoms with E-state index in [0.717, 1.165) is 42.6 Å². The van der Waals surface area contributed by atoms with Gasteiger partial charge in [0.15, 0.2) is 0 Å². The number of fused-ring (bicyclic) bond motifs is 1. The fourth-order valence-electron chi connectivity index (χ4n) is 5.49. The molecule has 214 valence electrons. The van der Waals surface area contributed by atoms with Crippen LogP contribution in [-0.2, 0) is 16.1 Å². The van der Waals surface area contributed by atoms with E-state index in [9.17, 15) is 19.2 Å². The second-order valence-corrected chi connectivity index (χ2v) is 10.5. The summed E-state index contributed by atoms with van der Waals surface area (Å²) in [5, 5.41) is 9.90. The molecule has 10 nitrogen and oxygen atoms in total. The zero-order chi connectivity index (χ0) is 28.9. The number of rotatable bonds is 11. The van der Waals surface area contributed by atoms with Crippen molar-refractivity contribution < 1.29 is 23.9 Å². The Balaban J connectivity index is 1.01. The summed E-state index contributed by atoms with van der Waals surface area (Å²) in [6.45, 7) is 5.24. The van der Waals surface area contributed by atoms with E-state index >= 15 is 0 Å². The first kappa shape index (κ1) is 28.1. The number of benzene rings is 2. The van der Waals surface area contributed by atoms with E-state index in [1.807, 2.05) is 50.2 Å². The van der Waals surface area contributed by atoms with Crippen LogP contribution >= 0.6 is 0 Å². The molecule has 0 aliphatic carbocycles. The molecule has 1 unspecified atom stereocenters. The maximum atomic E-state index is 12.8. The summed E-state index contributed by atoms with van der Waals surface area (Å²) < 4.78 is 7.72. The Morgan fingerprint density at radius 1 is 1.05 bits per heavy atom. The van der Waals surface area contributed by atoms with Crippen LogP contribution in [-0.4, -0.2) is 57.5 Å². The SMILES string of the molecule is Cc1nn(-c2ccccc2)c(C)c1C(=O)NCCCCCCOc1ccc2c(c1)CN(C1CCC(=O)NC1=O)C2=O. The average Bonchev–Trinajstić information content (AvgIpc) is 3.45. The Bertz CT molecular complexity index is 1470. The number of nitrogens with one attached hydrogen (secondary N) is 2. The van der Waals surface area contributed by atoms with Crippen LogP contribution in [0, 0.1) is 13.8 Å². The number of imide groups is 1. The molecule has 41 heavy (non-hydrogen) atoms. The van der Waals surface area contributed by atoms with Gasteiger partial charge in [-0.25, -0.2) is 4.68 Å². The number of hydrogen-bond acceptors (Lipinski definition) is 6. The molecule has 1 aromatic heterocycles. The Kier molecular flexibility index (Phi) is 8.47. The third-order valence-electron chi connectivity index (χ3n) is 7.64. The lowest BCUT2D eigenvalue weighted by molar-refractivity contribution is -0.136. The van der Waals surface area contributed by atoms with Crippen LogP contribution in [0.2, 0.25) is 0 Å². The fraction of sp³-hybridized carbons (Fsp3) is 0.387. The highest BCUT2D eigenvalue weighted by Gasteiger charge is 2.39. The Hall–Kier alpha value is -4.47.